The minimum atomic E-state index is -0.616. The lowest BCUT2D eigenvalue weighted by Gasteiger charge is -2.20. The van der Waals surface area contributed by atoms with Crippen molar-refractivity contribution in [3.63, 3.8) is 0 Å². The molecule has 0 bridgehead atoms. The zero-order valence-corrected chi connectivity index (χ0v) is 7.59. The molecule has 0 heterocycles. The van der Waals surface area contributed by atoms with Crippen LogP contribution in [0, 0.1) is 0 Å². The maximum absolute atomic E-state index is 10.9. The number of Topliss-reactive ketones (excluding diaryl/α,β-unsaturated/α-hetero) is 1. The molecule has 3 nitrogen and oxygen atoms in total. The molecule has 0 aliphatic heterocycles. The molecule has 3 heteroatoms. The number of aliphatic hydroxyl groups excluding tert-OH is 1. The lowest BCUT2D eigenvalue weighted by Crippen LogP contribution is -2.46. The van der Waals surface area contributed by atoms with Gasteiger partial charge in [0.2, 0.25) is 0 Å². The van der Waals surface area contributed by atoms with E-state index in [1.54, 1.807) is 6.92 Å². The second kappa shape index (κ2) is 4.46. The summed E-state index contributed by atoms with van der Waals surface area (Å²) < 4.78 is 0. The molecular formula is C8H17NO2. The predicted molar refractivity (Wildman–Crippen MR) is 44.4 cm³/mol. The summed E-state index contributed by atoms with van der Waals surface area (Å²) in [4.78, 5) is 10.9. The van der Waals surface area contributed by atoms with Crippen molar-refractivity contribution in [2.45, 2.75) is 45.9 Å². The quantitative estimate of drug-likeness (QED) is 0.621. The molecule has 0 saturated carbocycles. The van der Waals surface area contributed by atoms with Crippen LogP contribution in [0.4, 0.5) is 0 Å². The van der Waals surface area contributed by atoms with Gasteiger partial charge in [0.1, 0.15) is 5.78 Å². The van der Waals surface area contributed by atoms with E-state index in [1.807, 2.05) is 13.8 Å². The van der Waals surface area contributed by atoms with Gasteiger partial charge >= 0.3 is 0 Å². The highest BCUT2D eigenvalue weighted by atomic mass is 16.3. The third kappa shape index (κ3) is 4.11. The molecule has 11 heavy (non-hydrogen) atoms. The molecule has 0 aliphatic rings. The first kappa shape index (κ1) is 10.6. The Hall–Kier alpha value is -0.410. The molecule has 0 amide bonds. The fraction of sp³-hybridized carbons (Fsp3) is 0.875. The molecule has 0 fully saturated rings. The van der Waals surface area contributed by atoms with Crippen LogP contribution in [-0.4, -0.2) is 29.1 Å². The zero-order valence-electron chi connectivity index (χ0n) is 7.59. The molecule has 0 radical (unpaired) electrons. The molecular weight excluding hydrogens is 142 g/mol. The fourth-order valence-electron chi connectivity index (χ4n) is 0.955. The van der Waals surface area contributed by atoms with Crippen LogP contribution in [0.5, 0.6) is 0 Å². The average Bonchev–Trinajstić information content (AvgIpc) is 1.81. The maximum Gasteiger partial charge on any atom is 0.149 e. The minimum absolute atomic E-state index is 0.0197. The van der Waals surface area contributed by atoms with Gasteiger partial charge in [-0.2, -0.15) is 0 Å². The third-order valence-electron chi connectivity index (χ3n) is 1.43. The van der Waals surface area contributed by atoms with Crippen LogP contribution in [0.1, 0.15) is 27.7 Å². The zero-order chi connectivity index (χ0) is 9.02. The number of carbonyl (C=O) groups is 1. The van der Waals surface area contributed by atoms with Crippen LogP contribution >= 0.6 is 0 Å². The molecule has 0 unspecified atom stereocenters. The second-order valence-corrected chi connectivity index (χ2v) is 3.15. The Morgan fingerprint density at radius 1 is 1.36 bits per heavy atom. The van der Waals surface area contributed by atoms with Gasteiger partial charge < -0.3 is 10.4 Å². The number of carbonyl (C=O) groups excluding carboxylic acids is 1. The van der Waals surface area contributed by atoms with Gasteiger partial charge in [-0.05, 0) is 13.8 Å². The predicted octanol–water partition coefficient (Wildman–Crippen LogP) is 0.323. The molecule has 0 aliphatic carbocycles. The summed E-state index contributed by atoms with van der Waals surface area (Å²) in [5.41, 5.74) is 0. The van der Waals surface area contributed by atoms with Gasteiger partial charge in [-0.25, -0.2) is 0 Å². The van der Waals surface area contributed by atoms with Crippen molar-refractivity contribution in [3.8, 4) is 0 Å². The van der Waals surface area contributed by atoms with E-state index in [-0.39, 0.29) is 11.8 Å². The van der Waals surface area contributed by atoms with E-state index in [2.05, 4.69) is 5.32 Å². The summed E-state index contributed by atoms with van der Waals surface area (Å²) in [6.45, 7) is 6.98. The molecule has 0 aromatic heterocycles. The van der Waals surface area contributed by atoms with Crippen molar-refractivity contribution in [3.05, 3.63) is 0 Å². The topological polar surface area (TPSA) is 49.3 Å². The van der Waals surface area contributed by atoms with Gasteiger partial charge in [0.15, 0.2) is 0 Å². The Bertz CT molecular complexity index is 132. The monoisotopic (exact) mass is 159 g/mol. The Morgan fingerprint density at radius 3 is 1.91 bits per heavy atom. The Balaban J connectivity index is 4.01. The van der Waals surface area contributed by atoms with Gasteiger partial charge in [0.25, 0.3) is 0 Å². The van der Waals surface area contributed by atoms with E-state index >= 15 is 0 Å². The molecule has 0 saturated heterocycles. The molecule has 2 atom stereocenters. The molecule has 66 valence electrons. The van der Waals surface area contributed by atoms with Crippen molar-refractivity contribution >= 4 is 5.78 Å². The molecule has 2 N–H and O–H groups in total. The second-order valence-electron chi connectivity index (χ2n) is 3.15. The van der Waals surface area contributed by atoms with E-state index in [9.17, 15) is 4.79 Å². The van der Waals surface area contributed by atoms with Crippen LogP contribution in [0.15, 0.2) is 0 Å². The SMILES string of the molecule is CC(=O)[C@@H](NC(C)C)[C@H](C)O. The standard InChI is InChI=1S/C8H17NO2/c1-5(2)9-8(6(3)10)7(4)11/h5-6,8-10H,1-4H3/t6-,8-/m0/s1. The van der Waals surface area contributed by atoms with Gasteiger partial charge in [0, 0.05) is 6.04 Å². The smallest absolute Gasteiger partial charge is 0.149 e. The highest BCUT2D eigenvalue weighted by molar-refractivity contribution is 5.82. The number of rotatable bonds is 4. The normalized spacial score (nSPS) is 16.5. The highest BCUT2D eigenvalue weighted by Gasteiger charge is 2.19. The maximum atomic E-state index is 10.9. The van der Waals surface area contributed by atoms with E-state index < -0.39 is 12.1 Å². The number of hydrogen-bond acceptors (Lipinski definition) is 3. The lowest BCUT2D eigenvalue weighted by molar-refractivity contribution is -0.121. The largest absolute Gasteiger partial charge is 0.391 e. The van der Waals surface area contributed by atoms with Crippen LogP contribution in [0.25, 0.3) is 0 Å². The first-order chi connectivity index (χ1) is 4.95. The van der Waals surface area contributed by atoms with Crippen molar-refractivity contribution in [2.24, 2.45) is 0 Å². The van der Waals surface area contributed by atoms with Gasteiger partial charge in [-0.1, -0.05) is 13.8 Å². The highest BCUT2D eigenvalue weighted by Crippen LogP contribution is 1.95. The summed E-state index contributed by atoms with van der Waals surface area (Å²) in [7, 11) is 0. The summed E-state index contributed by atoms with van der Waals surface area (Å²) >= 11 is 0. The van der Waals surface area contributed by atoms with Crippen molar-refractivity contribution < 1.29 is 9.90 Å². The van der Waals surface area contributed by atoms with Gasteiger partial charge in [0.05, 0.1) is 12.1 Å². The van der Waals surface area contributed by atoms with Crippen LogP contribution < -0.4 is 5.32 Å². The number of nitrogens with one attached hydrogen (secondary N) is 1. The van der Waals surface area contributed by atoms with E-state index in [0.29, 0.717) is 0 Å². The number of hydrogen-bond donors (Lipinski definition) is 2. The Morgan fingerprint density at radius 2 is 1.82 bits per heavy atom. The van der Waals surface area contributed by atoms with Crippen LogP contribution in [0.2, 0.25) is 0 Å². The van der Waals surface area contributed by atoms with Gasteiger partial charge in [-0.3, -0.25) is 4.79 Å². The van der Waals surface area contributed by atoms with E-state index in [0.717, 1.165) is 0 Å². The van der Waals surface area contributed by atoms with Crippen LogP contribution in [0.3, 0.4) is 0 Å². The van der Waals surface area contributed by atoms with Gasteiger partial charge in [-0.15, -0.1) is 0 Å². The summed E-state index contributed by atoms with van der Waals surface area (Å²) in [6, 6.07) is -0.200. The molecule has 0 aromatic rings. The fourth-order valence-corrected chi connectivity index (χ4v) is 0.955. The first-order valence-corrected chi connectivity index (χ1v) is 3.89. The Labute approximate surface area is 67.8 Å². The number of aliphatic hydroxyl groups is 1. The van der Waals surface area contributed by atoms with Crippen molar-refractivity contribution in [1.82, 2.24) is 5.32 Å². The summed E-state index contributed by atoms with van der Waals surface area (Å²) in [5.74, 6) is -0.0197. The van der Waals surface area contributed by atoms with E-state index in [1.165, 1.54) is 6.92 Å². The molecule has 0 aromatic carbocycles. The average molecular weight is 159 g/mol. The number of ketones is 1. The minimum Gasteiger partial charge on any atom is -0.391 e. The van der Waals surface area contributed by atoms with Crippen LogP contribution in [-0.2, 0) is 4.79 Å². The van der Waals surface area contributed by atoms with E-state index in [4.69, 9.17) is 5.11 Å². The lowest BCUT2D eigenvalue weighted by atomic mass is 10.1. The first-order valence-electron chi connectivity index (χ1n) is 3.89. The van der Waals surface area contributed by atoms with Crippen molar-refractivity contribution in [1.29, 1.82) is 0 Å². The molecule has 0 spiro atoms. The Kier molecular flexibility index (Phi) is 4.30. The summed E-state index contributed by atoms with van der Waals surface area (Å²) in [6.07, 6.45) is -0.616. The summed E-state index contributed by atoms with van der Waals surface area (Å²) in [5, 5.41) is 12.1. The van der Waals surface area contributed by atoms with Crippen molar-refractivity contribution in [2.75, 3.05) is 0 Å². The third-order valence-corrected chi connectivity index (χ3v) is 1.43. The molecule has 0 rings (SSSR count).